The Balaban J connectivity index is 1.43. The van der Waals surface area contributed by atoms with Crippen LogP contribution in [0.15, 0.2) is 78.9 Å². The van der Waals surface area contributed by atoms with Gasteiger partial charge in [0.15, 0.2) is 0 Å². The van der Waals surface area contributed by atoms with E-state index in [0.29, 0.717) is 12.8 Å². The zero-order valence-corrected chi connectivity index (χ0v) is 22.1. The molecule has 0 saturated heterocycles. The second-order valence-corrected chi connectivity index (χ2v) is 9.71. The zero-order valence-electron chi connectivity index (χ0n) is 22.1. The molecule has 204 valence electrons. The number of unbranched alkanes of at least 4 members (excludes halogenated alkanes) is 1. The maximum Gasteiger partial charge on any atom is 0.407 e. The highest BCUT2D eigenvalue weighted by atomic mass is 16.5. The molecule has 0 saturated carbocycles. The maximum absolute atomic E-state index is 13.2. The Morgan fingerprint density at radius 1 is 0.821 bits per heavy atom. The van der Waals surface area contributed by atoms with Crippen molar-refractivity contribution in [3.8, 4) is 11.1 Å². The standard InChI is InChI=1S/C31H35N3O5/c1-32-18-10-9-17-27(30(36)37)33-29(35)28(19-21-11-3-2-4-12-21)34-31(38)39-20-26-24-15-7-5-13-22(24)23-14-6-8-16-25(23)26/h2-8,11-16,26-28,32H,9-10,17-20H2,1H3,(H,33,35)(H,34,38)(H,36,37)/t27-,28-/m0/s1. The number of carboxylic acid groups (broad SMARTS) is 1. The largest absolute Gasteiger partial charge is 0.480 e. The maximum atomic E-state index is 13.2. The second kappa shape index (κ2) is 13.6. The highest BCUT2D eigenvalue weighted by Gasteiger charge is 2.31. The van der Waals surface area contributed by atoms with Gasteiger partial charge < -0.3 is 25.8 Å². The van der Waals surface area contributed by atoms with Crippen LogP contribution in [0.1, 0.15) is 41.9 Å². The van der Waals surface area contributed by atoms with Crippen LogP contribution in [0, 0.1) is 0 Å². The monoisotopic (exact) mass is 529 g/mol. The third kappa shape index (κ3) is 7.23. The van der Waals surface area contributed by atoms with E-state index in [2.05, 4.69) is 28.1 Å². The fourth-order valence-electron chi connectivity index (χ4n) is 5.02. The summed E-state index contributed by atoms with van der Waals surface area (Å²) in [6, 6.07) is 23.3. The van der Waals surface area contributed by atoms with Crippen LogP contribution in [-0.2, 0) is 20.7 Å². The molecular formula is C31H35N3O5. The molecule has 3 aromatic rings. The molecule has 1 aliphatic carbocycles. The van der Waals surface area contributed by atoms with E-state index in [0.717, 1.165) is 40.8 Å². The number of ether oxygens (including phenoxy) is 1. The lowest BCUT2D eigenvalue weighted by Gasteiger charge is -2.22. The number of nitrogens with one attached hydrogen (secondary N) is 3. The van der Waals surface area contributed by atoms with Gasteiger partial charge in [-0.25, -0.2) is 9.59 Å². The molecule has 0 heterocycles. The molecule has 0 aliphatic heterocycles. The van der Waals surface area contributed by atoms with E-state index in [-0.39, 0.29) is 18.9 Å². The first kappa shape index (κ1) is 27.9. The van der Waals surface area contributed by atoms with E-state index in [9.17, 15) is 19.5 Å². The van der Waals surface area contributed by atoms with Crippen LogP contribution in [0.25, 0.3) is 11.1 Å². The Kier molecular flexibility index (Phi) is 9.69. The average molecular weight is 530 g/mol. The Labute approximate surface area is 228 Å². The smallest absolute Gasteiger partial charge is 0.407 e. The van der Waals surface area contributed by atoms with Crippen molar-refractivity contribution < 1.29 is 24.2 Å². The highest BCUT2D eigenvalue weighted by molar-refractivity contribution is 5.89. The van der Waals surface area contributed by atoms with Crippen LogP contribution in [0.4, 0.5) is 4.79 Å². The minimum Gasteiger partial charge on any atom is -0.480 e. The van der Waals surface area contributed by atoms with Gasteiger partial charge in [-0.15, -0.1) is 0 Å². The summed E-state index contributed by atoms with van der Waals surface area (Å²) < 4.78 is 5.65. The van der Waals surface area contributed by atoms with Crippen molar-refractivity contribution in [3.05, 3.63) is 95.6 Å². The van der Waals surface area contributed by atoms with Crippen molar-refractivity contribution in [1.29, 1.82) is 0 Å². The Morgan fingerprint density at radius 2 is 1.44 bits per heavy atom. The van der Waals surface area contributed by atoms with Crippen LogP contribution in [0.5, 0.6) is 0 Å². The first-order valence-electron chi connectivity index (χ1n) is 13.3. The first-order valence-corrected chi connectivity index (χ1v) is 13.3. The number of rotatable bonds is 13. The topological polar surface area (TPSA) is 117 Å². The molecule has 0 radical (unpaired) electrons. The number of carbonyl (C=O) groups is 3. The third-order valence-electron chi connectivity index (χ3n) is 7.02. The summed E-state index contributed by atoms with van der Waals surface area (Å²) in [5, 5.41) is 18.0. The minimum absolute atomic E-state index is 0.112. The van der Waals surface area contributed by atoms with E-state index in [4.69, 9.17) is 4.74 Å². The van der Waals surface area contributed by atoms with Crippen LogP contribution in [-0.4, -0.2) is 55.4 Å². The predicted octanol–water partition coefficient (Wildman–Crippen LogP) is 4.10. The van der Waals surface area contributed by atoms with Gasteiger partial charge in [0.2, 0.25) is 5.91 Å². The summed E-state index contributed by atoms with van der Waals surface area (Å²) in [5.41, 5.74) is 5.26. The summed E-state index contributed by atoms with van der Waals surface area (Å²) in [7, 11) is 1.83. The van der Waals surface area contributed by atoms with Gasteiger partial charge in [0, 0.05) is 12.3 Å². The molecule has 0 aromatic heterocycles. The van der Waals surface area contributed by atoms with Gasteiger partial charge in [-0.05, 0) is 60.7 Å². The van der Waals surface area contributed by atoms with Crippen LogP contribution in [0.2, 0.25) is 0 Å². The van der Waals surface area contributed by atoms with Crippen LogP contribution >= 0.6 is 0 Å². The summed E-state index contributed by atoms with van der Waals surface area (Å²) >= 11 is 0. The number of benzene rings is 3. The van der Waals surface area contributed by atoms with Gasteiger partial charge in [0.25, 0.3) is 0 Å². The lowest BCUT2D eigenvalue weighted by atomic mass is 9.98. The van der Waals surface area contributed by atoms with E-state index >= 15 is 0 Å². The molecule has 4 rings (SSSR count). The first-order chi connectivity index (χ1) is 19.0. The van der Waals surface area contributed by atoms with Crippen molar-refractivity contribution in [2.24, 2.45) is 0 Å². The van der Waals surface area contributed by atoms with E-state index < -0.39 is 30.1 Å². The van der Waals surface area contributed by atoms with Crippen molar-refractivity contribution in [2.75, 3.05) is 20.2 Å². The van der Waals surface area contributed by atoms with Gasteiger partial charge in [0.05, 0.1) is 0 Å². The number of carbonyl (C=O) groups excluding carboxylic acids is 2. The lowest BCUT2D eigenvalue weighted by molar-refractivity contribution is -0.142. The number of amides is 2. The summed E-state index contributed by atoms with van der Waals surface area (Å²) in [5.74, 6) is -1.78. The molecule has 0 bridgehead atoms. The molecule has 2 amide bonds. The number of hydrogen-bond acceptors (Lipinski definition) is 5. The van der Waals surface area contributed by atoms with Gasteiger partial charge in [-0.2, -0.15) is 0 Å². The molecule has 3 aromatic carbocycles. The van der Waals surface area contributed by atoms with Crippen LogP contribution < -0.4 is 16.0 Å². The molecule has 8 nitrogen and oxygen atoms in total. The van der Waals surface area contributed by atoms with E-state index in [1.165, 1.54) is 0 Å². The van der Waals surface area contributed by atoms with Crippen molar-refractivity contribution in [1.82, 2.24) is 16.0 Å². The lowest BCUT2D eigenvalue weighted by Crippen LogP contribution is -2.52. The molecule has 0 unspecified atom stereocenters. The molecule has 2 atom stereocenters. The summed E-state index contributed by atoms with van der Waals surface area (Å²) in [4.78, 5) is 38.0. The normalized spacial score (nSPS) is 13.6. The number of hydrogen-bond donors (Lipinski definition) is 4. The van der Waals surface area contributed by atoms with Gasteiger partial charge in [0.1, 0.15) is 18.7 Å². The Morgan fingerprint density at radius 3 is 2.05 bits per heavy atom. The van der Waals surface area contributed by atoms with Gasteiger partial charge in [-0.3, -0.25) is 4.79 Å². The summed E-state index contributed by atoms with van der Waals surface area (Å²) in [6.07, 6.45) is 1.20. The molecule has 0 spiro atoms. The zero-order chi connectivity index (χ0) is 27.6. The molecule has 4 N–H and O–H groups in total. The fourth-order valence-corrected chi connectivity index (χ4v) is 5.02. The highest BCUT2D eigenvalue weighted by Crippen LogP contribution is 2.44. The fraction of sp³-hybridized carbons (Fsp3) is 0.323. The van der Waals surface area contributed by atoms with Crippen molar-refractivity contribution >= 4 is 18.0 Å². The molecule has 0 fully saturated rings. The number of aliphatic carboxylic acids is 1. The quantitative estimate of drug-likeness (QED) is 0.248. The predicted molar refractivity (Wildman–Crippen MR) is 149 cm³/mol. The number of carboxylic acids is 1. The van der Waals surface area contributed by atoms with Crippen LogP contribution in [0.3, 0.4) is 0 Å². The molecular weight excluding hydrogens is 494 g/mol. The minimum atomic E-state index is -1.10. The third-order valence-corrected chi connectivity index (χ3v) is 7.02. The number of fused-ring (bicyclic) bond motifs is 3. The Bertz CT molecular complexity index is 1230. The SMILES string of the molecule is CNCCCC[C@H](NC(=O)[C@H](Cc1ccccc1)NC(=O)OCC1c2ccccc2-c2ccccc21)C(=O)O. The number of alkyl carbamates (subject to hydrolysis) is 1. The molecule has 1 aliphatic rings. The summed E-state index contributed by atoms with van der Waals surface area (Å²) in [6.45, 7) is 0.878. The molecule has 8 heteroatoms. The van der Waals surface area contributed by atoms with Gasteiger partial charge in [-0.1, -0.05) is 78.9 Å². The van der Waals surface area contributed by atoms with Gasteiger partial charge >= 0.3 is 12.1 Å². The van der Waals surface area contributed by atoms with Crippen molar-refractivity contribution in [2.45, 2.75) is 43.7 Å². The Hall–Kier alpha value is -4.17. The average Bonchev–Trinajstić information content (AvgIpc) is 3.27. The van der Waals surface area contributed by atoms with E-state index in [1.807, 2.05) is 73.8 Å². The van der Waals surface area contributed by atoms with Crippen molar-refractivity contribution in [3.63, 3.8) is 0 Å². The molecule has 39 heavy (non-hydrogen) atoms. The van der Waals surface area contributed by atoms with E-state index in [1.54, 1.807) is 0 Å². The second-order valence-electron chi connectivity index (χ2n) is 9.71.